The average molecular weight is 307 g/mol. The minimum absolute atomic E-state index is 0. The van der Waals surface area contributed by atoms with Crippen molar-refractivity contribution < 1.29 is 4.79 Å². The zero-order chi connectivity index (χ0) is 14.1. The lowest BCUT2D eigenvalue weighted by molar-refractivity contribution is 0.101. The second-order valence-corrected chi connectivity index (χ2v) is 5.16. The first-order valence-corrected chi connectivity index (χ1v) is 6.78. The van der Waals surface area contributed by atoms with Crippen LogP contribution in [0.15, 0.2) is 24.3 Å². The monoisotopic (exact) mass is 306 g/mol. The highest BCUT2D eigenvalue weighted by Crippen LogP contribution is 2.19. The molecule has 0 saturated heterocycles. The molecule has 1 amide bonds. The number of benzene rings is 1. The lowest BCUT2D eigenvalue weighted by Gasteiger charge is -2.18. The Hall–Kier alpha value is -1.85. The Kier molecular flexibility index (Phi) is 4.65. The number of hydrogen-bond acceptors (Lipinski definition) is 3. The van der Waals surface area contributed by atoms with Gasteiger partial charge in [0.25, 0.3) is 5.91 Å². The third kappa shape index (κ3) is 3.25. The maximum absolute atomic E-state index is 12.2. The third-order valence-corrected chi connectivity index (χ3v) is 3.59. The van der Waals surface area contributed by atoms with Gasteiger partial charge in [-0.25, -0.2) is 0 Å². The summed E-state index contributed by atoms with van der Waals surface area (Å²) in [6.07, 6.45) is 1.05. The highest BCUT2D eigenvalue weighted by molar-refractivity contribution is 6.03. The quantitative estimate of drug-likeness (QED) is 0.893. The molecule has 2 aromatic rings. The normalized spacial score (nSPS) is 13.2. The van der Waals surface area contributed by atoms with Crippen LogP contribution in [-0.4, -0.2) is 22.2 Å². The number of anilines is 1. The Morgan fingerprint density at radius 3 is 2.86 bits per heavy atom. The summed E-state index contributed by atoms with van der Waals surface area (Å²) in [5.41, 5.74) is 4.86. The van der Waals surface area contributed by atoms with Crippen LogP contribution in [-0.2, 0) is 20.0 Å². The van der Waals surface area contributed by atoms with Crippen LogP contribution in [0.3, 0.4) is 0 Å². The number of fused-ring (bicyclic) bond motifs is 1. The van der Waals surface area contributed by atoms with Crippen LogP contribution in [0, 0.1) is 6.92 Å². The number of rotatable bonds is 2. The van der Waals surface area contributed by atoms with E-state index in [1.54, 1.807) is 17.8 Å². The molecule has 2 heterocycles. The fourth-order valence-corrected chi connectivity index (χ4v) is 2.58. The second kappa shape index (κ2) is 6.28. The van der Waals surface area contributed by atoms with Crippen molar-refractivity contribution in [1.82, 2.24) is 15.1 Å². The van der Waals surface area contributed by atoms with Crippen molar-refractivity contribution in [1.29, 1.82) is 0 Å². The Bertz CT molecular complexity index is 666. The lowest BCUT2D eigenvalue weighted by atomic mass is 10.0. The number of aromatic nitrogens is 2. The van der Waals surface area contributed by atoms with Crippen LogP contribution in [0.4, 0.5) is 5.69 Å². The summed E-state index contributed by atoms with van der Waals surface area (Å²) < 4.78 is 1.60. The van der Waals surface area contributed by atoms with Gasteiger partial charge < -0.3 is 10.6 Å². The minimum Gasteiger partial charge on any atom is -0.321 e. The molecule has 1 aromatic heterocycles. The number of halogens is 1. The first-order chi connectivity index (χ1) is 9.63. The molecule has 0 spiro atoms. The predicted octanol–water partition coefficient (Wildman–Crippen LogP) is 2.05. The van der Waals surface area contributed by atoms with E-state index in [1.165, 1.54) is 11.1 Å². The van der Waals surface area contributed by atoms with Crippen molar-refractivity contribution in [2.45, 2.75) is 19.9 Å². The molecule has 1 aliphatic rings. The maximum Gasteiger partial charge on any atom is 0.273 e. The summed E-state index contributed by atoms with van der Waals surface area (Å²) in [6.45, 7) is 3.76. The molecular formula is C15H19ClN4O. The molecule has 112 valence electrons. The number of hydrogen-bond donors (Lipinski definition) is 2. The van der Waals surface area contributed by atoms with Crippen LogP contribution >= 0.6 is 12.4 Å². The Morgan fingerprint density at radius 2 is 2.14 bits per heavy atom. The summed E-state index contributed by atoms with van der Waals surface area (Å²) in [7, 11) is 1.78. The summed E-state index contributed by atoms with van der Waals surface area (Å²) in [4.78, 5) is 12.2. The molecule has 21 heavy (non-hydrogen) atoms. The number of aryl methyl sites for hydroxylation is 2. The van der Waals surface area contributed by atoms with Crippen LogP contribution in [0.1, 0.15) is 27.3 Å². The highest BCUT2D eigenvalue weighted by Gasteiger charge is 2.14. The number of nitrogens with zero attached hydrogens (tertiary/aromatic N) is 2. The van der Waals surface area contributed by atoms with E-state index in [0.717, 1.165) is 30.9 Å². The summed E-state index contributed by atoms with van der Waals surface area (Å²) in [5, 5.41) is 10.5. The molecular weight excluding hydrogens is 288 g/mol. The number of nitrogens with one attached hydrogen (secondary N) is 2. The van der Waals surface area contributed by atoms with Crippen molar-refractivity contribution >= 4 is 24.0 Å². The van der Waals surface area contributed by atoms with E-state index in [0.29, 0.717) is 5.69 Å². The standard InChI is InChI=1S/C15H18N4O.ClH/c1-10-7-14(19(2)18-10)15(20)17-13-4-3-11-5-6-16-9-12(11)8-13;/h3-4,7-8,16H,5-6,9H2,1-2H3,(H,17,20);1H. The first kappa shape index (κ1) is 15.5. The van der Waals surface area contributed by atoms with Crippen molar-refractivity contribution in [3.05, 3.63) is 46.8 Å². The third-order valence-electron chi connectivity index (χ3n) is 3.59. The number of carbonyl (C=O) groups excluding carboxylic acids is 1. The molecule has 0 atom stereocenters. The summed E-state index contributed by atoms with van der Waals surface area (Å²) in [6, 6.07) is 7.89. The van der Waals surface area contributed by atoms with Crippen LogP contribution < -0.4 is 10.6 Å². The SMILES string of the molecule is Cc1cc(C(=O)Nc2ccc3c(c2)CNCC3)n(C)n1.Cl. The summed E-state index contributed by atoms with van der Waals surface area (Å²) in [5.74, 6) is -0.128. The lowest BCUT2D eigenvalue weighted by Crippen LogP contribution is -2.24. The average Bonchev–Trinajstić information content (AvgIpc) is 2.78. The van der Waals surface area contributed by atoms with Gasteiger partial charge in [-0.1, -0.05) is 6.07 Å². The molecule has 1 aromatic carbocycles. The van der Waals surface area contributed by atoms with Gasteiger partial charge in [-0.05, 0) is 49.2 Å². The van der Waals surface area contributed by atoms with Gasteiger partial charge >= 0.3 is 0 Å². The molecule has 1 aliphatic heterocycles. The number of carbonyl (C=O) groups is 1. The zero-order valence-electron chi connectivity index (χ0n) is 12.1. The zero-order valence-corrected chi connectivity index (χ0v) is 13.0. The van der Waals surface area contributed by atoms with E-state index in [4.69, 9.17) is 0 Å². The molecule has 3 rings (SSSR count). The Balaban J connectivity index is 0.00000161. The fraction of sp³-hybridized carbons (Fsp3) is 0.333. The van der Waals surface area contributed by atoms with Crippen molar-refractivity contribution in [2.24, 2.45) is 7.05 Å². The van der Waals surface area contributed by atoms with Crippen molar-refractivity contribution in [2.75, 3.05) is 11.9 Å². The fourth-order valence-electron chi connectivity index (χ4n) is 2.58. The molecule has 0 fully saturated rings. The van der Waals surface area contributed by atoms with Gasteiger partial charge in [-0.15, -0.1) is 12.4 Å². The molecule has 2 N–H and O–H groups in total. The Morgan fingerprint density at radius 1 is 1.33 bits per heavy atom. The van der Waals surface area contributed by atoms with E-state index in [-0.39, 0.29) is 18.3 Å². The van der Waals surface area contributed by atoms with E-state index < -0.39 is 0 Å². The van der Waals surface area contributed by atoms with Crippen LogP contribution in [0.5, 0.6) is 0 Å². The smallest absolute Gasteiger partial charge is 0.273 e. The van der Waals surface area contributed by atoms with Crippen LogP contribution in [0.25, 0.3) is 0 Å². The maximum atomic E-state index is 12.2. The second-order valence-electron chi connectivity index (χ2n) is 5.16. The largest absolute Gasteiger partial charge is 0.321 e. The molecule has 0 saturated carbocycles. The van der Waals surface area contributed by atoms with Gasteiger partial charge in [0.15, 0.2) is 0 Å². The molecule has 6 heteroatoms. The highest BCUT2D eigenvalue weighted by atomic mass is 35.5. The van der Waals surface area contributed by atoms with Gasteiger partial charge in [0.2, 0.25) is 0 Å². The van der Waals surface area contributed by atoms with Gasteiger partial charge in [-0.3, -0.25) is 9.48 Å². The van der Waals surface area contributed by atoms with E-state index in [2.05, 4.69) is 21.8 Å². The minimum atomic E-state index is -0.128. The van der Waals surface area contributed by atoms with Gasteiger partial charge in [0.1, 0.15) is 5.69 Å². The predicted molar refractivity (Wildman–Crippen MR) is 85.0 cm³/mol. The van der Waals surface area contributed by atoms with Crippen molar-refractivity contribution in [3.63, 3.8) is 0 Å². The molecule has 5 nitrogen and oxygen atoms in total. The molecule has 0 aliphatic carbocycles. The van der Waals surface area contributed by atoms with Gasteiger partial charge in [0, 0.05) is 19.3 Å². The van der Waals surface area contributed by atoms with Gasteiger partial charge in [0.05, 0.1) is 5.69 Å². The van der Waals surface area contributed by atoms with Crippen LogP contribution in [0.2, 0.25) is 0 Å². The topological polar surface area (TPSA) is 59.0 Å². The van der Waals surface area contributed by atoms with Gasteiger partial charge in [-0.2, -0.15) is 5.10 Å². The van der Waals surface area contributed by atoms with E-state index in [9.17, 15) is 4.79 Å². The molecule has 0 unspecified atom stereocenters. The van der Waals surface area contributed by atoms with Crippen molar-refractivity contribution in [3.8, 4) is 0 Å². The number of amides is 1. The summed E-state index contributed by atoms with van der Waals surface area (Å²) >= 11 is 0. The van der Waals surface area contributed by atoms with E-state index >= 15 is 0 Å². The first-order valence-electron chi connectivity index (χ1n) is 6.78. The molecule has 0 radical (unpaired) electrons. The molecule has 0 bridgehead atoms. The Labute approximate surface area is 130 Å². The van der Waals surface area contributed by atoms with E-state index in [1.807, 2.05) is 19.1 Å².